The standard InChI is InChI=1S/C12H17NO3/c1-16-11-6-4-10(5-7-11)3-2-8-13-9-12(14)15/h4-7,13H,2-3,8-9H2,1H3,(H,14,15). The molecule has 0 radical (unpaired) electrons. The molecule has 1 rings (SSSR count). The van der Waals surface area contributed by atoms with Crippen LogP contribution in [-0.4, -0.2) is 31.3 Å². The number of carboxylic acids is 1. The van der Waals surface area contributed by atoms with Crippen molar-refractivity contribution in [2.75, 3.05) is 20.2 Å². The van der Waals surface area contributed by atoms with Crippen molar-refractivity contribution in [2.45, 2.75) is 12.8 Å². The summed E-state index contributed by atoms with van der Waals surface area (Å²) in [5.74, 6) is 0.0391. The van der Waals surface area contributed by atoms with Gasteiger partial charge in [-0.25, -0.2) is 0 Å². The normalized spacial score (nSPS) is 10.1. The minimum absolute atomic E-state index is 0.0304. The molecule has 1 aromatic rings. The second kappa shape index (κ2) is 6.85. The Kier molecular flexibility index (Phi) is 5.36. The van der Waals surface area contributed by atoms with Crippen molar-refractivity contribution in [1.29, 1.82) is 0 Å². The number of ether oxygens (including phenoxy) is 1. The number of aliphatic carboxylic acids is 1. The zero-order chi connectivity index (χ0) is 11.8. The average Bonchev–Trinajstić information content (AvgIpc) is 2.29. The van der Waals surface area contributed by atoms with Gasteiger partial charge < -0.3 is 15.2 Å². The van der Waals surface area contributed by atoms with Gasteiger partial charge in [-0.1, -0.05) is 12.1 Å². The molecule has 4 heteroatoms. The smallest absolute Gasteiger partial charge is 0.317 e. The Morgan fingerprint density at radius 1 is 1.38 bits per heavy atom. The molecule has 0 atom stereocenters. The molecule has 0 unspecified atom stereocenters. The molecule has 0 aliphatic carbocycles. The molecule has 16 heavy (non-hydrogen) atoms. The topological polar surface area (TPSA) is 58.6 Å². The van der Waals surface area contributed by atoms with Crippen LogP contribution in [0, 0.1) is 0 Å². The largest absolute Gasteiger partial charge is 0.497 e. The number of carbonyl (C=O) groups is 1. The van der Waals surface area contributed by atoms with Gasteiger partial charge in [0.25, 0.3) is 0 Å². The minimum atomic E-state index is -0.815. The third-order valence-electron chi connectivity index (χ3n) is 2.25. The lowest BCUT2D eigenvalue weighted by molar-refractivity contribution is -0.135. The molecule has 0 fully saturated rings. The summed E-state index contributed by atoms with van der Waals surface area (Å²) >= 11 is 0. The Morgan fingerprint density at radius 2 is 2.06 bits per heavy atom. The predicted octanol–water partition coefficient (Wildman–Crippen LogP) is 1.30. The maximum absolute atomic E-state index is 10.2. The number of nitrogens with one attached hydrogen (secondary N) is 1. The van der Waals surface area contributed by atoms with Gasteiger partial charge in [0.15, 0.2) is 0 Å². The Morgan fingerprint density at radius 3 is 2.62 bits per heavy atom. The van der Waals surface area contributed by atoms with Crippen LogP contribution in [0.2, 0.25) is 0 Å². The Hall–Kier alpha value is -1.55. The monoisotopic (exact) mass is 223 g/mol. The van der Waals surface area contributed by atoms with E-state index in [-0.39, 0.29) is 6.54 Å². The lowest BCUT2D eigenvalue weighted by Gasteiger charge is -2.04. The molecule has 0 saturated heterocycles. The van der Waals surface area contributed by atoms with E-state index in [0.29, 0.717) is 0 Å². The van der Waals surface area contributed by atoms with E-state index in [1.165, 1.54) is 5.56 Å². The number of methoxy groups -OCH3 is 1. The van der Waals surface area contributed by atoms with Crippen LogP contribution < -0.4 is 10.1 Å². The van der Waals surface area contributed by atoms with Crippen LogP contribution in [0.5, 0.6) is 5.75 Å². The Balaban J connectivity index is 2.19. The van der Waals surface area contributed by atoms with Crippen LogP contribution in [0.15, 0.2) is 24.3 Å². The summed E-state index contributed by atoms with van der Waals surface area (Å²) in [6.07, 6.45) is 1.87. The van der Waals surface area contributed by atoms with Gasteiger partial charge in [0.2, 0.25) is 0 Å². The van der Waals surface area contributed by atoms with E-state index in [2.05, 4.69) is 5.32 Å². The highest BCUT2D eigenvalue weighted by molar-refractivity contribution is 5.68. The van der Waals surface area contributed by atoms with Crippen LogP contribution in [0.3, 0.4) is 0 Å². The van der Waals surface area contributed by atoms with E-state index < -0.39 is 5.97 Å². The van der Waals surface area contributed by atoms with E-state index in [0.717, 1.165) is 25.1 Å². The summed E-state index contributed by atoms with van der Waals surface area (Å²) in [6.45, 7) is 0.751. The molecule has 0 heterocycles. The molecule has 2 N–H and O–H groups in total. The van der Waals surface area contributed by atoms with Crippen LogP contribution in [-0.2, 0) is 11.2 Å². The third kappa shape index (κ3) is 4.79. The number of aryl methyl sites for hydroxylation is 1. The molecule has 0 aliphatic rings. The van der Waals surface area contributed by atoms with Crippen molar-refractivity contribution < 1.29 is 14.6 Å². The number of carboxylic acid groups (broad SMARTS) is 1. The molecular formula is C12H17NO3. The van der Waals surface area contributed by atoms with Gasteiger partial charge in [-0.15, -0.1) is 0 Å². The highest BCUT2D eigenvalue weighted by Gasteiger charge is 1.96. The Labute approximate surface area is 95.2 Å². The second-order valence-electron chi connectivity index (χ2n) is 3.52. The lowest BCUT2D eigenvalue weighted by Crippen LogP contribution is -2.23. The SMILES string of the molecule is COc1ccc(CCCNCC(=O)O)cc1. The highest BCUT2D eigenvalue weighted by atomic mass is 16.5. The zero-order valence-corrected chi connectivity index (χ0v) is 9.40. The first kappa shape index (κ1) is 12.5. The number of hydrogen-bond donors (Lipinski definition) is 2. The van der Waals surface area contributed by atoms with Gasteiger partial charge in [-0.05, 0) is 37.1 Å². The molecule has 88 valence electrons. The highest BCUT2D eigenvalue weighted by Crippen LogP contribution is 2.12. The van der Waals surface area contributed by atoms with Gasteiger partial charge in [-0.2, -0.15) is 0 Å². The van der Waals surface area contributed by atoms with E-state index in [1.807, 2.05) is 24.3 Å². The van der Waals surface area contributed by atoms with Crippen LogP contribution in [0.1, 0.15) is 12.0 Å². The number of benzene rings is 1. The van der Waals surface area contributed by atoms with Gasteiger partial charge >= 0.3 is 5.97 Å². The lowest BCUT2D eigenvalue weighted by atomic mass is 10.1. The van der Waals surface area contributed by atoms with Gasteiger partial charge in [-0.3, -0.25) is 4.79 Å². The maximum atomic E-state index is 10.2. The first-order valence-electron chi connectivity index (χ1n) is 5.28. The van der Waals surface area contributed by atoms with Crippen molar-refractivity contribution >= 4 is 5.97 Å². The molecule has 0 saturated carbocycles. The average molecular weight is 223 g/mol. The van der Waals surface area contributed by atoms with Crippen molar-refractivity contribution in [1.82, 2.24) is 5.32 Å². The summed E-state index contributed by atoms with van der Waals surface area (Å²) < 4.78 is 5.06. The van der Waals surface area contributed by atoms with Crippen LogP contribution >= 0.6 is 0 Å². The summed E-state index contributed by atoms with van der Waals surface area (Å²) in [7, 11) is 1.64. The van der Waals surface area contributed by atoms with E-state index in [4.69, 9.17) is 9.84 Å². The third-order valence-corrected chi connectivity index (χ3v) is 2.25. The van der Waals surface area contributed by atoms with Crippen molar-refractivity contribution in [3.05, 3.63) is 29.8 Å². The fourth-order valence-electron chi connectivity index (χ4n) is 1.41. The molecule has 4 nitrogen and oxygen atoms in total. The van der Waals surface area contributed by atoms with Crippen molar-refractivity contribution in [3.63, 3.8) is 0 Å². The minimum Gasteiger partial charge on any atom is -0.497 e. The maximum Gasteiger partial charge on any atom is 0.317 e. The van der Waals surface area contributed by atoms with Gasteiger partial charge in [0.05, 0.1) is 13.7 Å². The van der Waals surface area contributed by atoms with Crippen LogP contribution in [0.4, 0.5) is 0 Å². The first-order valence-corrected chi connectivity index (χ1v) is 5.28. The summed E-state index contributed by atoms with van der Waals surface area (Å²) in [6, 6.07) is 7.91. The van der Waals surface area contributed by atoms with Gasteiger partial charge in [0, 0.05) is 0 Å². The second-order valence-corrected chi connectivity index (χ2v) is 3.52. The fraction of sp³-hybridized carbons (Fsp3) is 0.417. The summed E-state index contributed by atoms with van der Waals surface area (Å²) in [5.41, 5.74) is 1.23. The summed E-state index contributed by atoms with van der Waals surface area (Å²) in [5, 5.41) is 11.3. The van der Waals surface area contributed by atoms with Crippen molar-refractivity contribution in [2.24, 2.45) is 0 Å². The van der Waals surface area contributed by atoms with E-state index in [1.54, 1.807) is 7.11 Å². The number of rotatable bonds is 7. The fourth-order valence-corrected chi connectivity index (χ4v) is 1.41. The molecule has 0 aromatic heterocycles. The van der Waals surface area contributed by atoms with E-state index in [9.17, 15) is 4.79 Å². The molecule has 0 aliphatic heterocycles. The molecule has 0 amide bonds. The summed E-state index contributed by atoms with van der Waals surface area (Å²) in [4.78, 5) is 10.2. The van der Waals surface area contributed by atoms with Crippen molar-refractivity contribution in [3.8, 4) is 5.75 Å². The zero-order valence-electron chi connectivity index (χ0n) is 9.40. The van der Waals surface area contributed by atoms with Crippen LogP contribution in [0.25, 0.3) is 0 Å². The quantitative estimate of drug-likeness (QED) is 0.684. The Bertz CT molecular complexity index is 322. The molecule has 0 spiro atoms. The number of hydrogen-bond acceptors (Lipinski definition) is 3. The van der Waals surface area contributed by atoms with E-state index >= 15 is 0 Å². The predicted molar refractivity (Wildman–Crippen MR) is 61.8 cm³/mol. The first-order chi connectivity index (χ1) is 7.72. The molecular weight excluding hydrogens is 206 g/mol. The molecule has 0 bridgehead atoms. The molecule has 1 aromatic carbocycles. The van der Waals surface area contributed by atoms with Gasteiger partial charge in [0.1, 0.15) is 5.75 Å².